The second-order valence-corrected chi connectivity index (χ2v) is 7.75. The lowest BCUT2D eigenvalue weighted by Gasteiger charge is -2.17. The standard InChI is InChI=1S/C19H27ClN6O2/c1-21-16-6-4-13(20)12-15(16)18(27)22-14-5-7-17-23-26(11-10-24(2)3)19(28)25(17)9-8-14/h4,6,12,14,21H,5,7-11H2,1-3H3,(H,22,27). The summed E-state index contributed by atoms with van der Waals surface area (Å²) in [6.07, 6.45) is 2.09. The molecule has 0 spiro atoms. The molecule has 1 amide bonds. The molecule has 1 aliphatic heterocycles. The number of aromatic nitrogens is 3. The largest absolute Gasteiger partial charge is 0.387 e. The van der Waals surface area contributed by atoms with Crippen LogP contribution in [0.1, 0.15) is 29.0 Å². The minimum atomic E-state index is -0.167. The van der Waals surface area contributed by atoms with Gasteiger partial charge in [0, 0.05) is 43.3 Å². The highest BCUT2D eigenvalue weighted by Gasteiger charge is 2.23. The first-order chi connectivity index (χ1) is 13.4. The fraction of sp³-hybridized carbons (Fsp3) is 0.526. The van der Waals surface area contributed by atoms with E-state index >= 15 is 0 Å². The van der Waals surface area contributed by atoms with E-state index in [1.165, 1.54) is 0 Å². The van der Waals surface area contributed by atoms with Gasteiger partial charge in [0.2, 0.25) is 0 Å². The molecule has 0 saturated heterocycles. The second kappa shape index (κ2) is 8.79. The van der Waals surface area contributed by atoms with E-state index in [-0.39, 0.29) is 17.6 Å². The molecule has 0 aliphatic carbocycles. The van der Waals surface area contributed by atoms with Crippen LogP contribution < -0.4 is 16.3 Å². The Morgan fingerprint density at radius 3 is 2.86 bits per heavy atom. The van der Waals surface area contributed by atoms with Gasteiger partial charge in [-0.25, -0.2) is 9.48 Å². The van der Waals surface area contributed by atoms with Crippen molar-refractivity contribution < 1.29 is 4.79 Å². The van der Waals surface area contributed by atoms with Crippen molar-refractivity contribution in [2.45, 2.75) is 38.4 Å². The minimum Gasteiger partial charge on any atom is -0.387 e. The molecule has 152 valence electrons. The maximum Gasteiger partial charge on any atom is 0.345 e. The van der Waals surface area contributed by atoms with Gasteiger partial charge in [-0.1, -0.05) is 11.6 Å². The van der Waals surface area contributed by atoms with Crippen molar-refractivity contribution in [3.8, 4) is 0 Å². The first-order valence-corrected chi connectivity index (χ1v) is 9.86. The van der Waals surface area contributed by atoms with Crippen LogP contribution in [0.4, 0.5) is 5.69 Å². The predicted octanol–water partition coefficient (Wildman–Crippen LogP) is 1.44. The fourth-order valence-corrected chi connectivity index (χ4v) is 3.57. The molecule has 2 heterocycles. The average molecular weight is 407 g/mol. The van der Waals surface area contributed by atoms with Crippen molar-refractivity contribution in [3.63, 3.8) is 0 Å². The molecular weight excluding hydrogens is 380 g/mol. The van der Waals surface area contributed by atoms with Crippen molar-refractivity contribution >= 4 is 23.2 Å². The highest BCUT2D eigenvalue weighted by Crippen LogP contribution is 2.21. The molecule has 1 aromatic heterocycles. The number of nitrogens with zero attached hydrogens (tertiary/aromatic N) is 4. The summed E-state index contributed by atoms with van der Waals surface area (Å²) in [4.78, 5) is 27.3. The summed E-state index contributed by atoms with van der Waals surface area (Å²) in [7, 11) is 5.71. The average Bonchev–Trinajstić information content (AvgIpc) is 2.83. The number of halogens is 1. The third kappa shape index (κ3) is 4.56. The quantitative estimate of drug-likeness (QED) is 0.758. The summed E-state index contributed by atoms with van der Waals surface area (Å²) < 4.78 is 3.28. The number of hydrogen-bond donors (Lipinski definition) is 2. The molecule has 0 bridgehead atoms. The van der Waals surface area contributed by atoms with Crippen LogP contribution >= 0.6 is 11.6 Å². The Labute approximate surface area is 169 Å². The predicted molar refractivity (Wildman–Crippen MR) is 110 cm³/mol. The second-order valence-electron chi connectivity index (χ2n) is 7.31. The van der Waals surface area contributed by atoms with Crippen LogP contribution in [0, 0.1) is 0 Å². The number of anilines is 1. The lowest BCUT2D eigenvalue weighted by Crippen LogP contribution is -2.36. The first-order valence-electron chi connectivity index (χ1n) is 9.48. The number of nitrogens with one attached hydrogen (secondary N) is 2. The molecule has 1 atom stereocenters. The summed E-state index contributed by atoms with van der Waals surface area (Å²) >= 11 is 6.05. The number of hydrogen-bond acceptors (Lipinski definition) is 5. The number of benzene rings is 1. The highest BCUT2D eigenvalue weighted by molar-refractivity contribution is 6.31. The van der Waals surface area contributed by atoms with Crippen LogP contribution in [0.5, 0.6) is 0 Å². The van der Waals surface area contributed by atoms with Crippen LogP contribution in [0.2, 0.25) is 5.02 Å². The third-order valence-electron chi connectivity index (χ3n) is 5.01. The molecule has 0 saturated carbocycles. The van der Waals surface area contributed by atoms with E-state index in [9.17, 15) is 9.59 Å². The maximum absolute atomic E-state index is 12.7. The van der Waals surface area contributed by atoms with Gasteiger partial charge in [0.1, 0.15) is 5.82 Å². The Morgan fingerprint density at radius 1 is 1.36 bits per heavy atom. The highest BCUT2D eigenvalue weighted by atomic mass is 35.5. The molecule has 8 nitrogen and oxygen atoms in total. The van der Waals surface area contributed by atoms with E-state index < -0.39 is 0 Å². The van der Waals surface area contributed by atoms with Gasteiger partial charge in [0.25, 0.3) is 5.91 Å². The normalized spacial score (nSPS) is 16.5. The summed E-state index contributed by atoms with van der Waals surface area (Å²) in [6, 6.07) is 5.17. The Hall–Kier alpha value is -2.32. The Bertz CT molecular complexity index is 904. The van der Waals surface area contributed by atoms with Crippen LogP contribution in [0.3, 0.4) is 0 Å². The maximum atomic E-state index is 12.7. The van der Waals surface area contributed by atoms with Crippen LogP contribution in [-0.2, 0) is 19.5 Å². The lowest BCUT2D eigenvalue weighted by atomic mass is 10.1. The number of carbonyl (C=O) groups excluding carboxylic acids is 1. The molecule has 1 aliphatic rings. The van der Waals surface area contributed by atoms with Crippen molar-refractivity contribution in [2.75, 3.05) is 33.0 Å². The fourth-order valence-electron chi connectivity index (χ4n) is 3.40. The number of aryl methyl sites for hydroxylation is 1. The molecule has 3 rings (SSSR count). The van der Waals surface area contributed by atoms with Gasteiger partial charge >= 0.3 is 5.69 Å². The summed E-state index contributed by atoms with van der Waals surface area (Å²) in [5, 5.41) is 11.1. The van der Waals surface area contributed by atoms with E-state index in [1.807, 2.05) is 19.0 Å². The van der Waals surface area contributed by atoms with E-state index in [2.05, 4.69) is 15.7 Å². The number of amides is 1. The Kier molecular flexibility index (Phi) is 6.41. The summed E-state index contributed by atoms with van der Waals surface area (Å²) in [6.45, 7) is 1.89. The van der Waals surface area contributed by atoms with Gasteiger partial charge in [-0.05, 0) is 45.1 Å². The lowest BCUT2D eigenvalue weighted by molar-refractivity contribution is 0.0933. The number of fused-ring (bicyclic) bond motifs is 1. The zero-order valence-electron chi connectivity index (χ0n) is 16.5. The molecule has 9 heteroatoms. The molecule has 2 N–H and O–H groups in total. The van der Waals surface area contributed by atoms with Gasteiger partial charge in [0.15, 0.2) is 0 Å². The molecule has 0 fully saturated rings. The monoisotopic (exact) mass is 406 g/mol. The molecule has 0 radical (unpaired) electrons. The van der Waals surface area contributed by atoms with Crippen LogP contribution in [0.15, 0.2) is 23.0 Å². The summed E-state index contributed by atoms with van der Waals surface area (Å²) in [5.74, 6) is 0.624. The zero-order valence-corrected chi connectivity index (χ0v) is 17.3. The minimum absolute atomic E-state index is 0.0208. The smallest absolute Gasteiger partial charge is 0.345 e. The molecule has 2 aromatic rings. The van der Waals surface area contributed by atoms with Gasteiger partial charge in [-0.3, -0.25) is 9.36 Å². The van der Waals surface area contributed by atoms with Crippen LogP contribution in [0.25, 0.3) is 0 Å². The van der Waals surface area contributed by atoms with Crippen molar-refractivity contribution in [1.82, 2.24) is 24.6 Å². The van der Waals surface area contributed by atoms with Gasteiger partial charge < -0.3 is 15.5 Å². The molecule has 1 unspecified atom stereocenters. The zero-order chi connectivity index (χ0) is 20.3. The Morgan fingerprint density at radius 2 is 2.14 bits per heavy atom. The van der Waals surface area contributed by atoms with Gasteiger partial charge in [0.05, 0.1) is 12.1 Å². The van der Waals surface area contributed by atoms with Crippen molar-refractivity contribution in [1.29, 1.82) is 0 Å². The number of carbonyl (C=O) groups is 1. The molecule has 28 heavy (non-hydrogen) atoms. The Balaban J connectivity index is 1.67. The van der Waals surface area contributed by atoms with E-state index in [0.29, 0.717) is 36.5 Å². The third-order valence-corrected chi connectivity index (χ3v) is 5.24. The first kappa shape index (κ1) is 20.4. The van der Waals surface area contributed by atoms with E-state index in [1.54, 1.807) is 34.5 Å². The van der Waals surface area contributed by atoms with Crippen molar-refractivity contribution in [3.05, 3.63) is 45.1 Å². The topological polar surface area (TPSA) is 84.2 Å². The van der Waals surface area contributed by atoms with E-state index in [4.69, 9.17) is 11.6 Å². The van der Waals surface area contributed by atoms with Crippen LogP contribution in [-0.4, -0.2) is 58.9 Å². The van der Waals surface area contributed by atoms with Gasteiger partial charge in [-0.2, -0.15) is 5.10 Å². The molecule has 1 aromatic carbocycles. The van der Waals surface area contributed by atoms with Gasteiger partial charge in [-0.15, -0.1) is 0 Å². The SMILES string of the molecule is CNc1ccc(Cl)cc1C(=O)NC1CCc2nn(CCN(C)C)c(=O)n2CC1. The number of rotatable bonds is 6. The summed E-state index contributed by atoms with van der Waals surface area (Å²) in [5.41, 5.74) is 1.17. The van der Waals surface area contributed by atoms with E-state index in [0.717, 1.165) is 24.5 Å². The molecular formula is C19H27ClN6O2. The van der Waals surface area contributed by atoms with Crippen molar-refractivity contribution in [2.24, 2.45) is 0 Å². The number of likely N-dealkylation sites (N-methyl/N-ethyl adjacent to an activating group) is 1.